The lowest BCUT2D eigenvalue weighted by Crippen LogP contribution is -2.49. The Balaban J connectivity index is 0.00000289. The number of nitrogens with two attached hydrogens (primary N) is 1. The van der Waals surface area contributed by atoms with Gasteiger partial charge in [0.2, 0.25) is 5.91 Å². The molecule has 1 aliphatic rings. The Kier molecular flexibility index (Phi) is 7.18. The number of halogens is 1. The Bertz CT molecular complexity index is 260. The number of carbonyl (C=O) groups is 1. The highest BCUT2D eigenvalue weighted by atomic mass is 35.5. The van der Waals surface area contributed by atoms with Gasteiger partial charge in [-0.1, -0.05) is 20.8 Å². The van der Waals surface area contributed by atoms with Crippen molar-refractivity contribution in [1.29, 1.82) is 0 Å². The minimum Gasteiger partial charge on any atom is -0.381 e. The third-order valence-electron chi connectivity index (χ3n) is 3.15. The summed E-state index contributed by atoms with van der Waals surface area (Å²) in [5.74, 6) is 0.338. The molecule has 0 aromatic heterocycles. The second-order valence-corrected chi connectivity index (χ2v) is 6.23. The first-order valence-electron chi connectivity index (χ1n) is 6.39. The van der Waals surface area contributed by atoms with Crippen LogP contribution in [0.2, 0.25) is 0 Å². The van der Waals surface area contributed by atoms with Crippen molar-refractivity contribution in [3.8, 4) is 0 Å². The fourth-order valence-corrected chi connectivity index (χ4v) is 2.32. The Hall–Kier alpha value is -0.320. The largest absolute Gasteiger partial charge is 0.381 e. The molecule has 1 rings (SSSR count). The molecule has 0 saturated carbocycles. The molecule has 108 valence electrons. The predicted octanol–water partition coefficient (Wildman–Crippen LogP) is 1.67. The molecule has 1 heterocycles. The average molecular weight is 279 g/mol. The molecule has 0 aromatic rings. The first-order chi connectivity index (χ1) is 7.81. The lowest BCUT2D eigenvalue weighted by molar-refractivity contribution is -0.134. The number of nitrogens with zero attached hydrogens (tertiary/aromatic N) is 1. The van der Waals surface area contributed by atoms with E-state index in [9.17, 15) is 4.79 Å². The average Bonchev–Trinajstić information content (AvgIpc) is 2.26. The fraction of sp³-hybridized carbons (Fsp3) is 0.923. The van der Waals surface area contributed by atoms with Crippen molar-refractivity contribution in [3.63, 3.8) is 0 Å². The highest BCUT2D eigenvalue weighted by Gasteiger charge is 2.29. The van der Waals surface area contributed by atoms with Crippen LogP contribution in [0.5, 0.6) is 0 Å². The van der Waals surface area contributed by atoms with Gasteiger partial charge in [0.25, 0.3) is 0 Å². The number of likely N-dealkylation sites (N-methyl/N-ethyl adjacent to an activating group) is 1. The summed E-state index contributed by atoms with van der Waals surface area (Å²) >= 11 is 0. The van der Waals surface area contributed by atoms with E-state index in [1.54, 1.807) is 4.90 Å². The Morgan fingerprint density at radius 2 is 1.89 bits per heavy atom. The molecule has 1 fully saturated rings. The van der Waals surface area contributed by atoms with E-state index < -0.39 is 0 Å². The van der Waals surface area contributed by atoms with Crippen LogP contribution in [0.3, 0.4) is 0 Å². The number of hydrogen-bond donors (Lipinski definition) is 1. The van der Waals surface area contributed by atoms with Gasteiger partial charge < -0.3 is 15.4 Å². The minimum absolute atomic E-state index is 0. The summed E-state index contributed by atoms with van der Waals surface area (Å²) in [6.07, 6.45) is 1.80. The van der Waals surface area contributed by atoms with Crippen molar-refractivity contribution in [2.24, 2.45) is 17.1 Å². The highest BCUT2D eigenvalue weighted by molar-refractivity contribution is 5.85. The summed E-state index contributed by atoms with van der Waals surface area (Å²) in [5, 5.41) is 0. The maximum atomic E-state index is 12.2. The first-order valence-corrected chi connectivity index (χ1v) is 6.39. The van der Waals surface area contributed by atoms with Crippen LogP contribution >= 0.6 is 12.4 Å². The lowest BCUT2D eigenvalue weighted by atomic mass is 9.90. The molecular weight excluding hydrogens is 252 g/mol. The molecule has 0 aromatic carbocycles. The van der Waals surface area contributed by atoms with Crippen LogP contribution < -0.4 is 5.73 Å². The van der Waals surface area contributed by atoms with Gasteiger partial charge in [-0.2, -0.15) is 0 Å². The molecule has 0 spiro atoms. The number of rotatable bonds is 3. The van der Waals surface area contributed by atoms with Crippen LogP contribution in [0.4, 0.5) is 0 Å². The SMILES string of the molecule is CN(CC(C)(C)C)C(=O)C(N)C1CCOCC1.Cl. The Morgan fingerprint density at radius 3 is 2.33 bits per heavy atom. The standard InChI is InChI=1S/C13H26N2O2.ClH/c1-13(2,3)9-15(4)12(16)11(14)10-5-7-17-8-6-10;/h10-11H,5-9,14H2,1-4H3;1H. The quantitative estimate of drug-likeness (QED) is 0.854. The monoisotopic (exact) mass is 278 g/mol. The fourth-order valence-electron chi connectivity index (χ4n) is 2.32. The van der Waals surface area contributed by atoms with Crippen LogP contribution in [-0.4, -0.2) is 43.7 Å². The molecule has 1 amide bonds. The van der Waals surface area contributed by atoms with E-state index in [4.69, 9.17) is 10.5 Å². The van der Waals surface area contributed by atoms with Crippen LogP contribution in [0.25, 0.3) is 0 Å². The molecule has 18 heavy (non-hydrogen) atoms. The zero-order chi connectivity index (χ0) is 13.1. The summed E-state index contributed by atoms with van der Waals surface area (Å²) in [6.45, 7) is 8.57. The van der Waals surface area contributed by atoms with E-state index in [2.05, 4.69) is 20.8 Å². The zero-order valence-electron chi connectivity index (χ0n) is 11.9. The van der Waals surface area contributed by atoms with Crippen LogP contribution in [0.1, 0.15) is 33.6 Å². The van der Waals surface area contributed by atoms with E-state index in [0.29, 0.717) is 0 Å². The topological polar surface area (TPSA) is 55.6 Å². The minimum atomic E-state index is -0.369. The van der Waals surface area contributed by atoms with E-state index in [1.807, 2.05) is 7.05 Å². The van der Waals surface area contributed by atoms with Crippen LogP contribution in [0, 0.1) is 11.3 Å². The van der Waals surface area contributed by atoms with Crippen molar-refractivity contribution in [3.05, 3.63) is 0 Å². The third-order valence-corrected chi connectivity index (χ3v) is 3.15. The maximum absolute atomic E-state index is 12.2. The molecule has 4 nitrogen and oxygen atoms in total. The lowest BCUT2D eigenvalue weighted by Gasteiger charge is -2.32. The second-order valence-electron chi connectivity index (χ2n) is 6.23. The van der Waals surface area contributed by atoms with Crippen molar-refractivity contribution in [2.75, 3.05) is 26.8 Å². The normalized spacial score (nSPS) is 18.9. The smallest absolute Gasteiger partial charge is 0.239 e. The van der Waals surface area contributed by atoms with E-state index in [0.717, 1.165) is 32.6 Å². The summed E-state index contributed by atoms with van der Waals surface area (Å²) in [4.78, 5) is 13.9. The van der Waals surface area contributed by atoms with Crippen molar-refractivity contribution >= 4 is 18.3 Å². The molecular formula is C13H27ClN2O2. The van der Waals surface area contributed by atoms with Gasteiger partial charge in [-0.05, 0) is 24.2 Å². The molecule has 1 atom stereocenters. The molecule has 0 radical (unpaired) electrons. The maximum Gasteiger partial charge on any atom is 0.239 e. The predicted molar refractivity (Wildman–Crippen MR) is 75.9 cm³/mol. The number of carbonyl (C=O) groups excluding carboxylic acids is 1. The van der Waals surface area contributed by atoms with E-state index in [1.165, 1.54) is 0 Å². The van der Waals surface area contributed by atoms with Crippen LogP contribution in [-0.2, 0) is 9.53 Å². The van der Waals surface area contributed by atoms with Crippen molar-refractivity contribution in [1.82, 2.24) is 4.90 Å². The molecule has 1 saturated heterocycles. The molecule has 5 heteroatoms. The van der Waals surface area contributed by atoms with Crippen LogP contribution in [0.15, 0.2) is 0 Å². The highest BCUT2D eigenvalue weighted by Crippen LogP contribution is 2.20. The number of ether oxygens (including phenoxy) is 1. The van der Waals surface area contributed by atoms with Crippen molar-refractivity contribution < 1.29 is 9.53 Å². The zero-order valence-corrected chi connectivity index (χ0v) is 12.8. The molecule has 0 aliphatic carbocycles. The Morgan fingerprint density at radius 1 is 1.39 bits per heavy atom. The van der Waals surface area contributed by atoms with Gasteiger partial charge in [-0.15, -0.1) is 12.4 Å². The molecule has 2 N–H and O–H groups in total. The van der Waals surface area contributed by atoms with E-state index >= 15 is 0 Å². The van der Waals surface area contributed by atoms with Crippen molar-refractivity contribution in [2.45, 2.75) is 39.7 Å². The van der Waals surface area contributed by atoms with Gasteiger partial charge in [0.1, 0.15) is 0 Å². The molecule has 1 unspecified atom stereocenters. The van der Waals surface area contributed by atoms with Gasteiger partial charge in [0.15, 0.2) is 0 Å². The van der Waals surface area contributed by atoms with Gasteiger partial charge in [0, 0.05) is 26.8 Å². The number of hydrogen-bond acceptors (Lipinski definition) is 3. The second kappa shape index (κ2) is 7.31. The summed E-state index contributed by atoms with van der Waals surface area (Å²) in [6, 6.07) is -0.369. The van der Waals surface area contributed by atoms with Gasteiger partial charge in [-0.3, -0.25) is 4.79 Å². The summed E-state index contributed by atoms with van der Waals surface area (Å²) in [7, 11) is 1.84. The van der Waals surface area contributed by atoms with Gasteiger partial charge >= 0.3 is 0 Å². The molecule has 0 bridgehead atoms. The molecule has 1 aliphatic heterocycles. The number of amides is 1. The Labute approximate surface area is 117 Å². The van der Waals surface area contributed by atoms with E-state index in [-0.39, 0.29) is 35.7 Å². The summed E-state index contributed by atoms with van der Waals surface area (Å²) < 4.78 is 5.29. The first kappa shape index (κ1) is 17.7. The van der Waals surface area contributed by atoms with Gasteiger partial charge in [-0.25, -0.2) is 0 Å². The van der Waals surface area contributed by atoms with Gasteiger partial charge in [0.05, 0.1) is 6.04 Å². The summed E-state index contributed by atoms with van der Waals surface area (Å²) in [5.41, 5.74) is 6.18. The third kappa shape index (κ3) is 5.55.